The Kier molecular flexibility index (Phi) is 3.42. The largest absolute Gasteiger partial charge is 0.330 e. The lowest BCUT2D eigenvalue weighted by molar-refractivity contribution is 0.826. The number of hydrogen-bond donors (Lipinski definition) is 1. The second-order valence-electron chi connectivity index (χ2n) is 3.23. The van der Waals surface area contributed by atoms with Crippen LogP contribution in [0.2, 0.25) is 0 Å². The molecule has 0 radical (unpaired) electrons. The van der Waals surface area contributed by atoms with Gasteiger partial charge in [0.1, 0.15) is 0 Å². The monoisotopic (exact) mass is 219 g/mol. The Morgan fingerprint density at radius 3 is 2.93 bits per heavy atom. The number of aryl methyl sites for hydroxylation is 1. The zero-order valence-corrected chi connectivity index (χ0v) is 9.20. The molecule has 2 heterocycles. The minimum Gasteiger partial charge on any atom is -0.330 e. The van der Waals surface area contributed by atoms with Crippen LogP contribution in [0.5, 0.6) is 0 Å². The van der Waals surface area contributed by atoms with Crippen molar-refractivity contribution in [2.45, 2.75) is 12.8 Å². The van der Waals surface area contributed by atoms with Gasteiger partial charge in [0, 0.05) is 18.8 Å². The average molecular weight is 219 g/mol. The van der Waals surface area contributed by atoms with Gasteiger partial charge in [-0.15, -0.1) is 11.3 Å². The van der Waals surface area contributed by atoms with E-state index in [0.717, 1.165) is 35.0 Å². The SMILES string of the molecule is NCCCc1ncc(-c2ccccn2)s1. The van der Waals surface area contributed by atoms with E-state index < -0.39 is 0 Å². The Bertz CT molecular complexity index is 411. The van der Waals surface area contributed by atoms with Crippen LogP contribution in [0, 0.1) is 0 Å². The number of nitrogens with zero attached hydrogens (tertiary/aromatic N) is 2. The first kappa shape index (κ1) is 10.3. The number of aromatic nitrogens is 2. The van der Waals surface area contributed by atoms with E-state index in [1.54, 1.807) is 17.5 Å². The van der Waals surface area contributed by atoms with Crippen molar-refractivity contribution in [3.05, 3.63) is 35.6 Å². The normalized spacial score (nSPS) is 10.5. The third-order valence-electron chi connectivity index (χ3n) is 2.07. The van der Waals surface area contributed by atoms with Crippen molar-refractivity contribution in [1.29, 1.82) is 0 Å². The number of rotatable bonds is 4. The van der Waals surface area contributed by atoms with Crippen molar-refractivity contribution >= 4 is 11.3 Å². The fourth-order valence-electron chi connectivity index (χ4n) is 1.31. The Morgan fingerprint density at radius 1 is 1.27 bits per heavy atom. The first-order chi connectivity index (χ1) is 7.40. The summed E-state index contributed by atoms with van der Waals surface area (Å²) in [5.41, 5.74) is 6.45. The Morgan fingerprint density at radius 2 is 2.20 bits per heavy atom. The standard InChI is InChI=1S/C11H13N3S/c12-6-3-5-11-14-8-10(15-11)9-4-1-2-7-13-9/h1-2,4,7-8H,3,5-6,12H2. The third kappa shape index (κ3) is 2.61. The highest BCUT2D eigenvalue weighted by Crippen LogP contribution is 2.24. The minimum absolute atomic E-state index is 0.721. The zero-order chi connectivity index (χ0) is 10.5. The molecule has 0 amide bonds. The second kappa shape index (κ2) is 5.00. The fourth-order valence-corrected chi connectivity index (χ4v) is 2.24. The van der Waals surface area contributed by atoms with Gasteiger partial charge in [-0.2, -0.15) is 0 Å². The number of thiazole rings is 1. The Hall–Kier alpha value is -1.26. The highest BCUT2D eigenvalue weighted by atomic mass is 32.1. The molecule has 15 heavy (non-hydrogen) atoms. The van der Waals surface area contributed by atoms with E-state index >= 15 is 0 Å². The van der Waals surface area contributed by atoms with Crippen molar-refractivity contribution in [2.24, 2.45) is 5.73 Å². The first-order valence-electron chi connectivity index (χ1n) is 4.96. The van der Waals surface area contributed by atoms with Crippen LogP contribution >= 0.6 is 11.3 Å². The molecule has 0 saturated heterocycles. The summed E-state index contributed by atoms with van der Waals surface area (Å²) in [4.78, 5) is 9.77. The van der Waals surface area contributed by atoms with Gasteiger partial charge >= 0.3 is 0 Å². The van der Waals surface area contributed by atoms with Crippen LogP contribution < -0.4 is 5.73 Å². The van der Waals surface area contributed by atoms with Gasteiger partial charge in [-0.25, -0.2) is 4.98 Å². The van der Waals surface area contributed by atoms with Crippen LogP contribution in [0.4, 0.5) is 0 Å². The van der Waals surface area contributed by atoms with E-state index in [0.29, 0.717) is 0 Å². The number of pyridine rings is 1. The molecule has 2 N–H and O–H groups in total. The molecule has 2 rings (SSSR count). The van der Waals surface area contributed by atoms with Gasteiger partial charge in [0.25, 0.3) is 0 Å². The molecule has 2 aromatic rings. The molecule has 0 atom stereocenters. The second-order valence-corrected chi connectivity index (χ2v) is 4.34. The lowest BCUT2D eigenvalue weighted by Gasteiger charge is -1.93. The van der Waals surface area contributed by atoms with E-state index in [9.17, 15) is 0 Å². The van der Waals surface area contributed by atoms with Crippen molar-refractivity contribution in [3.63, 3.8) is 0 Å². The van der Waals surface area contributed by atoms with Crippen molar-refractivity contribution in [1.82, 2.24) is 9.97 Å². The highest BCUT2D eigenvalue weighted by Gasteiger charge is 2.04. The molecule has 0 aromatic carbocycles. The molecule has 78 valence electrons. The summed E-state index contributed by atoms with van der Waals surface area (Å²) in [7, 11) is 0. The maximum atomic E-state index is 5.46. The van der Waals surface area contributed by atoms with Gasteiger partial charge in [0.05, 0.1) is 15.6 Å². The summed E-state index contributed by atoms with van der Waals surface area (Å²) in [6, 6.07) is 5.90. The summed E-state index contributed by atoms with van der Waals surface area (Å²) >= 11 is 1.70. The van der Waals surface area contributed by atoms with E-state index in [4.69, 9.17) is 5.73 Å². The van der Waals surface area contributed by atoms with Crippen molar-refractivity contribution in [3.8, 4) is 10.6 Å². The van der Waals surface area contributed by atoms with Crippen LogP contribution in [-0.4, -0.2) is 16.5 Å². The molecule has 4 heteroatoms. The molecule has 2 aromatic heterocycles. The highest BCUT2D eigenvalue weighted by molar-refractivity contribution is 7.15. The average Bonchev–Trinajstić information content (AvgIpc) is 2.76. The Balaban J connectivity index is 2.14. The summed E-state index contributed by atoms with van der Waals surface area (Å²) in [6.45, 7) is 0.721. The van der Waals surface area contributed by atoms with Gasteiger partial charge in [-0.3, -0.25) is 4.98 Å². The van der Waals surface area contributed by atoms with Gasteiger partial charge in [-0.1, -0.05) is 6.07 Å². The zero-order valence-electron chi connectivity index (χ0n) is 8.39. The number of hydrogen-bond acceptors (Lipinski definition) is 4. The maximum Gasteiger partial charge on any atom is 0.0932 e. The van der Waals surface area contributed by atoms with Crippen LogP contribution in [0.1, 0.15) is 11.4 Å². The molecule has 0 aliphatic carbocycles. The maximum absolute atomic E-state index is 5.46. The summed E-state index contributed by atoms with van der Waals surface area (Å²) in [5.74, 6) is 0. The van der Waals surface area contributed by atoms with Crippen LogP contribution in [0.15, 0.2) is 30.6 Å². The number of nitrogens with two attached hydrogens (primary N) is 1. The predicted octanol–water partition coefficient (Wildman–Crippen LogP) is 2.10. The van der Waals surface area contributed by atoms with Crippen LogP contribution in [-0.2, 0) is 6.42 Å². The molecule has 0 saturated carbocycles. The van der Waals surface area contributed by atoms with E-state index in [1.165, 1.54) is 0 Å². The summed E-state index contributed by atoms with van der Waals surface area (Å²) < 4.78 is 0. The van der Waals surface area contributed by atoms with E-state index in [2.05, 4.69) is 9.97 Å². The molecule has 0 aliphatic heterocycles. The van der Waals surface area contributed by atoms with Gasteiger partial charge in [-0.05, 0) is 25.1 Å². The third-order valence-corrected chi connectivity index (χ3v) is 3.15. The molecular weight excluding hydrogens is 206 g/mol. The molecule has 3 nitrogen and oxygen atoms in total. The van der Waals surface area contributed by atoms with E-state index in [1.807, 2.05) is 24.4 Å². The van der Waals surface area contributed by atoms with Crippen LogP contribution in [0.25, 0.3) is 10.6 Å². The fraction of sp³-hybridized carbons (Fsp3) is 0.273. The Labute approximate surface area is 93.0 Å². The summed E-state index contributed by atoms with van der Waals surface area (Å²) in [6.07, 6.45) is 5.65. The summed E-state index contributed by atoms with van der Waals surface area (Å²) in [5, 5.41) is 1.14. The molecular formula is C11H13N3S. The smallest absolute Gasteiger partial charge is 0.0932 e. The van der Waals surface area contributed by atoms with Gasteiger partial charge in [0.15, 0.2) is 0 Å². The quantitative estimate of drug-likeness (QED) is 0.856. The minimum atomic E-state index is 0.721. The molecule has 0 unspecified atom stereocenters. The van der Waals surface area contributed by atoms with E-state index in [-0.39, 0.29) is 0 Å². The molecule has 0 bridgehead atoms. The topological polar surface area (TPSA) is 51.8 Å². The molecule has 0 spiro atoms. The van der Waals surface area contributed by atoms with Crippen LogP contribution in [0.3, 0.4) is 0 Å². The molecule has 0 fully saturated rings. The van der Waals surface area contributed by atoms with Crippen molar-refractivity contribution in [2.75, 3.05) is 6.54 Å². The van der Waals surface area contributed by atoms with Gasteiger partial charge in [0.2, 0.25) is 0 Å². The lowest BCUT2D eigenvalue weighted by atomic mass is 10.3. The van der Waals surface area contributed by atoms with Crippen molar-refractivity contribution < 1.29 is 0 Å². The first-order valence-corrected chi connectivity index (χ1v) is 5.78. The molecule has 0 aliphatic rings. The predicted molar refractivity (Wildman–Crippen MR) is 62.7 cm³/mol. The van der Waals surface area contributed by atoms with Gasteiger partial charge < -0.3 is 5.73 Å². The lowest BCUT2D eigenvalue weighted by Crippen LogP contribution is -1.99.